The number of benzene rings is 1. The summed E-state index contributed by atoms with van der Waals surface area (Å²) in [6.07, 6.45) is 3.96. The molecule has 3 aromatic rings. The highest BCUT2D eigenvalue weighted by Gasteiger charge is 2.22. The number of fused-ring (bicyclic) bond motifs is 1. The summed E-state index contributed by atoms with van der Waals surface area (Å²) in [4.78, 5) is 23.8. The smallest absolute Gasteiger partial charge is 0.272 e. The SMILES string of the molecule is CC1CCN(C(=O)c2cccc(-c3cnc4ccccc4c3)n2)CC1. The van der Waals surface area contributed by atoms with Gasteiger partial charge in [0.25, 0.3) is 5.91 Å². The van der Waals surface area contributed by atoms with Crippen molar-refractivity contribution in [1.29, 1.82) is 0 Å². The summed E-state index contributed by atoms with van der Waals surface area (Å²) in [5, 5.41) is 1.07. The van der Waals surface area contributed by atoms with E-state index in [1.807, 2.05) is 47.5 Å². The first-order chi connectivity index (χ1) is 12.2. The summed E-state index contributed by atoms with van der Waals surface area (Å²) in [7, 11) is 0. The number of hydrogen-bond acceptors (Lipinski definition) is 3. The summed E-state index contributed by atoms with van der Waals surface area (Å²) >= 11 is 0. The summed E-state index contributed by atoms with van der Waals surface area (Å²) in [5.41, 5.74) is 3.19. The fourth-order valence-corrected chi connectivity index (χ4v) is 3.30. The summed E-state index contributed by atoms with van der Waals surface area (Å²) in [6, 6.07) is 15.7. The average molecular weight is 331 g/mol. The first kappa shape index (κ1) is 15.8. The Morgan fingerprint density at radius 2 is 1.88 bits per heavy atom. The van der Waals surface area contributed by atoms with E-state index in [0.717, 1.165) is 48.1 Å². The first-order valence-electron chi connectivity index (χ1n) is 8.82. The molecule has 3 heterocycles. The van der Waals surface area contributed by atoms with Gasteiger partial charge in [-0.1, -0.05) is 31.2 Å². The maximum Gasteiger partial charge on any atom is 0.272 e. The van der Waals surface area contributed by atoms with E-state index in [4.69, 9.17) is 0 Å². The van der Waals surface area contributed by atoms with E-state index in [2.05, 4.69) is 23.0 Å². The van der Waals surface area contributed by atoms with Crippen molar-refractivity contribution >= 4 is 16.8 Å². The Morgan fingerprint density at radius 1 is 1.08 bits per heavy atom. The Hall–Kier alpha value is -2.75. The lowest BCUT2D eigenvalue weighted by Crippen LogP contribution is -2.38. The molecule has 1 aliphatic rings. The third kappa shape index (κ3) is 3.25. The molecule has 1 aromatic carbocycles. The minimum Gasteiger partial charge on any atom is -0.337 e. The topological polar surface area (TPSA) is 46.1 Å². The molecule has 25 heavy (non-hydrogen) atoms. The number of piperidine rings is 1. The molecule has 0 radical (unpaired) electrons. The average Bonchev–Trinajstić information content (AvgIpc) is 2.68. The van der Waals surface area contributed by atoms with Crippen LogP contribution in [0.5, 0.6) is 0 Å². The molecule has 1 fully saturated rings. The number of carbonyl (C=O) groups is 1. The van der Waals surface area contributed by atoms with E-state index in [1.165, 1.54) is 0 Å². The second-order valence-electron chi connectivity index (χ2n) is 6.80. The van der Waals surface area contributed by atoms with Crippen LogP contribution in [0.3, 0.4) is 0 Å². The minimum absolute atomic E-state index is 0.0301. The number of aromatic nitrogens is 2. The van der Waals surface area contributed by atoms with Crippen LogP contribution in [0, 0.1) is 5.92 Å². The standard InChI is InChI=1S/C21H21N3O/c1-15-9-11-24(12-10-15)21(25)20-8-4-7-19(23-20)17-13-16-5-2-3-6-18(16)22-14-17/h2-8,13-15H,9-12H2,1H3. The molecule has 2 aromatic heterocycles. The normalized spacial score (nSPS) is 15.5. The molecule has 0 N–H and O–H groups in total. The second-order valence-corrected chi connectivity index (χ2v) is 6.80. The molecular weight excluding hydrogens is 310 g/mol. The van der Waals surface area contributed by atoms with Crippen molar-refractivity contribution in [3.05, 3.63) is 60.4 Å². The van der Waals surface area contributed by atoms with Gasteiger partial charge in [0.15, 0.2) is 0 Å². The van der Waals surface area contributed by atoms with Gasteiger partial charge in [0.05, 0.1) is 11.2 Å². The van der Waals surface area contributed by atoms with Crippen LogP contribution in [0.1, 0.15) is 30.3 Å². The van der Waals surface area contributed by atoms with Gasteiger partial charge in [-0.05, 0) is 43.0 Å². The zero-order valence-corrected chi connectivity index (χ0v) is 14.4. The van der Waals surface area contributed by atoms with Crippen LogP contribution in [-0.2, 0) is 0 Å². The molecule has 4 nitrogen and oxygen atoms in total. The fraction of sp³-hybridized carbons (Fsp3) is 0.286. The summed E-state index contributed by atoms with van der Waals surface area (Å²) in [5.74, 6) is 0.731. The molecule has 0 aliphatic carbocycles. The lowest BCUT2D eigenvalue weighted by Gasteiger charge is -2.30. The molecule has 0 spiro atoms. The zero-order chi connectivity index (χ0) is 17.2. The lowest BCUT2D eigenvalue weighted by molar-refractivity contribution is 0.0691. The van der Waals surface area contributed by atoms with Crippen molar-refractivity contribution < 1.29 is 4.79 Å². The van der Waals surface area contributed by atoms with Gasteiger partial charge in [-0.25, -0.2) is 4.98 Å². The number of nitrogens with zero attached hydrogens (tertiary/aromatic N) is 3. The third-order valence-electron chi connectivity index (χ3n) is 4.93. The second kappa shape index (κ2) is 6.63. The van der Waals surface area contributed by atoms with Crippen LogP contribution in [-0.4, -0.2) is 33.9 Å². The number of rotatable bonds is 2. The van der Waals surface area contributed by atoms with Gasteiger partial charge in [0, 0.05) is 30.2 Å². The van der Waals surface area contributed by atoms with Crippen molar-refractivity contribution in [3.63, 3.8) is 0 Å². The number of amides is 1. The van der Waals surface area contributed by atoms with Crippen LogP contribution in [0.2, 0.25) is 0 Å². The van der Waals surface area contributed by atoms with Crippen molar-refractivity contribution in [2.75, 3.05) is 13.1 Å². The fourth-order valence-electron chi connectivity index (χ4n) is 3.30. The van der Waals surface area contributed by atoms with Crippen molar-refractivity contribution in [2.24, 2.45) is 5.92 Å². The molecule has 1 amide bonds. The number of para-hydroxylation sites is 1. The predicted octanol–water partition coefficient (Wildman–Crippen LogP) is 4.17. The molecule has 0 atom stereocenters. The maximum atomic E-state index is 12.8. The van der Waals surface area contributed by atoms with Crippen molar-refractivity contribution in [2.45, 2.75) is 19.8 Å². The zero-order valence-electron chi connectivity index (χ0n) is 14.4. The number of pyridine rings is 2. The monoisotopic (exact) mass is 331 g/mol. The predicted molar refractivity (Wildman–Crippen MR) is 99.3 cm³/mol. The molecule has 0 bridgehead atoms. The van der Waals surface area contributed by atoms with E-state index >= 15 is 0 Å². The van der Waals surface area contributed by atoms with Crippen LogP contribution in [0.4, 0.5) is 0 Å². The van der Waals surface area contributed by atoms with E-state index in [-0.39, 0.29) is 5.91 Å². The molecule has 4 rings (SSSR count). The number of likely N-dealkylation sites (tertiary alicyclic amines) is 1. The van der Waals surface area contributed by atoms with E-state index in [0.29, 0.717) is 11.6 Å². The number of hydrogen-bond donors (Lipinski definition) is 0. The van der Waals surface area contributed by atoms with Crippen LogP contribution < -0.4 is 0 Å². The van der Waals surface area contributed by atoms with Gasteiger partial charge in [-0.2, -0.15) is 0 Å². The van der Waals surface area contributed by atoms with E-state index in [1.54, 1.807) is 6.07 Å². The minimum atomic E-state index is 0.0301. The Bertz CT molecular complexity index is 914. The molecule has 126 valence electrons. The van der Waals surface area contributed by atoms with Crippen LogP contribution in [0.25, 0.3) is 22.2 Å². The van der Waals surface area contributed by atoms with Crippen molar-refractivity contribution in [1.82, 2.24) is 14.9 Å². The van der Waals surface area contributed by atoms with Crippen LogP contribution >= 0.6 is 0 Å². The Kier molecular flexibility index (Phi) is 4.18. The number of carbonyl (C=O) groups excluding carboxylic acids is 1. The molecule has 0 saturated carbocycles. The van der Waals surface area contributed by atoms with Crippen molar-refractivity contribution in [3.8, 4) is 11.3 Å². The Labute approximate surface area is 147 Å². The van der Waals surface area contributed by atoms with Gasteiger partial charge in [0.2, 0.25) is 0 Å². The largest absolute Gasteiger partial charge is 0.337 e. The maximum absolute atomic E-state index is 12.8. The molecule has 1 aliphatic heterocycles. The Morgan fingerprint density at radius 3 is 2.72 bits per heavy atom. The molecule has 1 saturated heterocycles. The Balaban J connectivity index is 1.63. The summed E-state index contributed by atoms with van der Waals surface area (Å²) < 4.78 is 0. The van der Waals surface area contributed by atoms with Gasteiger partial charge < -0.3 is 4.90 Å². The molecule has 0 unspecified atom stereocenters. The van der Waals surface area contributed by atoms with Gasteiger partial charge in [-0.3, -0.25) is 9.78 Å². The highest BCUT2D eigenvalue weighted by Crippen LogP contribution is 2.22. The van der Waals surface area contributed by atoms with Crippen LogP contribution in [0.15, 0.2) is 54.7 Å². The molecule has 4 heteroatoms. The molecular formula is C21H21N3O. The van der Waals surface area contributed by atoms with Gasteiger partial charge in [0.1, 0.15) is 5.69 Å². The summed E-state index contributed by atoms with van der Waals surface area (Å²) in [6.45, 7) is 3.89. The lowest BCUT2D eigenvalue weighted by atomic mass is 9.99. The quantitative estimate of drug-likeness (QED) is 0.708. The van der Waals surface area contributed by atoms with Gasteiger partial charge in [-0.15, -0.1) is 0 Å². The van der Waals surface area contributed by atoms with Gasteiger partial charge >= 0.3 is 0 Å². The highest BCUT2D eigenvalue weighted by atomic mass is 16.2. The van der Waals surface area contributed by atoms with E-state index in [9.17, 15) is 4.79 Å². The van der Waals surface area contributed by atoms with E-state index < -0.39 is 0 Å². The highest BCUT2D eigenvalue weighted by molar-refractivity contribution is 5.93. The first-order valence-corrected chi connectivity index (χ1v) is 8.82. The third-order valence-corrected chi connectivity index (χ3v) is 4.93.